The Kier molecular flexibility index (Phi) is 13.5. The Morgan fingerprint density at radius 3 is 1.42 bits per heavy atom. The average molecular weight is 759 g/mol. The molecule has 0 amide bonds. The fraction of sp³-hybridized carbons (Fsp3) is 0.465. The van der Waals surface area contributed by atoms with Crippen molar-refractivity contribution in [2.24, 2.45) is 11.8 Å². The quantitative estimate of drug-likeness (QED) is 0.148. The van der Waals surface area contributed by atoms with Crippen LogP contribution in [-0.4, -0.2) is 73.1 Å². The molecule has 2 heterocycles. The number of rotatable bonds is 11. The highest BCUT2D eigenvalue weighted by Crippen LogP contribution is 2.43. The fourth-order valence-corrected chi connectivity index (χ4v) is 7.54. The van der Waals surface area contributed by atoms with Crippen molar-refractivity contribution in [3.05, 3.63) is 83.9 Å². The van der Waals surface area contributed by atoms with Crippen LogP contribution in [0.4, 0.5) is 0 Å². The van der Waals surface area contributed by atoms with E-state index in [-0.39, 0.29) is 30.5 Å². The third-order valence-corrected chi connectivity index (χ3v) is 10.2. The number of hydrogen-bond donors (Lipinski definition) is 0. The lowest BCUT2D eigenvalue weighted by molar-refractivity contribution is -0.254. The van der Waals surface area contributed by atoms with Gasteiger partial charge in [-0.2, -0.15) is 0 Å². The van der Waals surface area contributed by atoms with Gasteiger partial charge in [-0.3, -0.25) is 24.0 Å². The van der Waals surface area contributed by atoms with Crippen molar-refractivity contribution < 1.29 is 57.1 Å². The van der Waals surface area contributed by atoms with Gasteiger partial charge in [0.25, 0.3) is 0 Å². The lowest BCUT2D eigenvalue weighted by Gasteiger charge is -2.44. The van der Waals surface area contributed by atoms with Gasteiger partial charge in [-0.1, -0.05) is 81.4 Å². The lowest BCUT2D eigenvalue weighted by atomic mass is 9.78. The summed E-state index contributed by atoms with van der Waals surface area (Å²) < 4.78 is 40.9. The summed E-state index contributed by atoms with van der Waals surface area (Å²) in [7, 11) is 0. The topological polar surface area (TPSA) is 150 Å². The van der Waals surface area contributed by atoms with E-state index in [1.54, 1.807) is 6.07 Å². The maximum atomic E-state index is 12.4. The Bertz CT molecular complexity index is 1850. The number of esters is 5. The second kappa shape index (κ2) is 18.0. The summed E-state index contributed by atoms with van der Waals surface area (Å²) in [6.07, 6.45) is -5.72. The van der Waals surface area contributed by atoms with Gasteiger partial charge in [0.1, 0.15) is 31.0 Å². The minimum absolute atomic E-state index is 0.0384. The molecule has 3 aromatic rings. The van der Waals surface area contributed by atoms with Crippen LogP contribution in [0, 0.1) is 11.8 Å². The van der Waals surface area contributed by atoms with Gasteiger partial charge in [0.15, 0.2) is 18.3 Å². The summed E-state index contributed by atoms with van der Waals surface area (Å²) in [4.78, 5) is 60.7. The van der Waals surface area contributed by atoms with Crippen LogP contribution in [0.3, 0.4) is 0 Å². The average Bonchev–Trinajstić information content (AvgIpc) is 3.14. The second-order valence-corrected chi connectivity index (χ2v) is 14.2. The molecular formula is C43H50O12. The molecule has 12 heteroatoms. The van der Waals surface area contributed by atoms with Gasteiger partial charge < -0.3 is 33.2 Å². The summed E-state index contributed by atoms with van der Waals surface area (Å²) in [6, 6.07) is 23.5. The van der Waals surface area contributed by atoms with Gasteiger partial charge in [0.2, 0.25) is 0 Å². The van der Waals surface area contributed by atoms with E-state index in [9.17, 15) is 24.0 Å². The van der Waals surface area contributed by atoms with E-state index in [0.717, 1.165) is 34.2 Å². The van der Waals surface area contributed by atoms with Gasteiger partial charge in [-0.25, -0.2) is 0 Å². The molecule has 0 N–H and O–H groups in total. The van der Waals surface area contributed by atoms with Gasteiger partial charge in [0.05, 0.1) is 6.10 Å². The molecule has 5 rings (SSSR count). The molecule has 0 radical (unpaired) electrons. The van der Waals surface area contributed by atoms with Crippen LogP contribution in [0.15, 0.2) is 72.8 Å². The van der Waals surface area contributed by atoms with Gasteiger partial charge in [-0.05, 0) is 57.9 Å². The predicted molar refractivity (Wildman–Crippen MR) is 200 cm³/mol. The minimum Gasteiger partial charge on any atom is -0.463 e. The Labute approximate surface area is 321 Å². The Morgan fingerprint density at radius 2 is 0.945 bits per heavy atom. The summed E-state index contributed by atoms with van der Waals surface area (Å²) in [5, 5.41) is 0. The zero-order valence-corrected chi connectivity index (χ0v) is 32.5. The van der Waals surface area contributed by atoms with Crippen molar-refractivity contribution in [1.29, 1.82) is 0 Å². The Balaban J connectivity index is 1.45. The number of carbonyl (C=O) groups is 5. The summed E-state index contributed by atoms with van der Waals surface area (Å²) in [6.45, 7) is 12.3. The van der Waals surface area contributed by atoms with Crippen LogP contribution in [0.2, 0.25) is 0 Å². The van der Waals surface area contributed by atoms with Crippen molar-refractivity contribution >= 4 is 29.8 Å². The highest BCUT2D eigenvalue weighted by atomic mass is 16.7. The molecule has 2 fully saturated rings. The van der Waals surface area contributed by atoms with Crippen molar-refractivity contribution in [2.75, 3.05) is 6.61 Å². The fourth-order valence-electron chi connectivity index (χ4n) is 7.54. The highest BCUT2D eigenvalue weighted by Gasteiger charge is 2.52. The van der Waals surface area contributed by atoms with Crippen LogP contribution in [0.25, 0.3) is 22.3 Å². The van der Waals surface area contributed by atoms with Crippen LogP contribution in [0.1, 0.15) is 85.1 Å². The number of ether oxygens (including phenoxy) is 7. The first-order valence-electron chi connectivity index (χ1n) is 18.6. The molecule has 294 valence electrons. The Hall–Kier alpha value is -5.07. The van der Waals surface area contributed by atoms with E-state index >= 15 is 0 Å². The van der Waals surface area contributed by atoms with Crippen LogP contribution >= 0.6 is 0 Å². The number of carbonyl (C=O) groups excluding carboxylic acids is 5. The van der Waals surface area contributed by atoms with Gasteiger partial charge in [-0.15, -0.1) is 0 Å². The van der Waals surface area contributed by atoms with E-state index in [2.05, 4.69) is 26.8 Å². The maximum absolute atomic E-state index is 12.4. The molecule has 2 saturated heterocycles. The molecule has 0 aromatic heterocycles. The normalized spacial score (nSPS) is 27.6. The summed E-state index contributed by atoms with van der Waals surface area (Å²) in [5.41, 5.74) is 5.15. The standard InChI is InChI=1S/C43H50O12/c1-9-36-23(2)24(3)38(50-26(5)45)39(54-36)34-14-10-12-32(20-34)30-16-18-31(19-17-30)33-13-11-15-35(21-33)40-42(52-28(7)47)43(53-29(8)48)41(51-27(6)46)37(55-40)22-49-25(4)44/h10-21,23-24,36-43H,9,22H2,1-8H3/t23-,24-,36+,37+,38-,39+,40+,41+,42+,43-/m0/s1. The second-order valence-electron chi connectivity index (χ2n) is 14.2. The molecular weight excluding hydrogens is 708 g/mol. The van der Waals surface area contributed by atoms with Crippen molar-refractivity contribution in [2.45, 2.75) is 111 Å². The molecule has 55 heavy (non-hydrogen) atoms. The lowest BCUT2D eigenvalue weighted by Crippen LogP contribution is -2.59. The minimum atomic E-state index is -1.27. The number of benzene rings is 3. The number of hydrogen-bond acceptors (Lipinski definition) is 12. The highest BCUT2D eigenvalue weighted by molar-refractivity contribution is 5.72. The first-order valence-corrected chi connectivity index (χ1v) is 18.6. The smallest absolute Gasteiger partial charge is 0.303 e. The van der Waals surface area contributed by atoms with Crippen LogP contribution < -0.4 is 0 Å². The van der Waals surface area contributed by atoms with Crippen molar-refractivity contribution in [3.8, 4) is 22.3 Å². The van der Waals surface area contributed by atoms with Crippen LogP contribution in [-0.2, 0) is 57.1 Å². The van der Waals surface area contributed by atoms with Crippen molar-refractivity contribution in [1.82, 2.24) is 0 Å². The third kappa shape index (κ3) is 9.98. The zero-order chi connectivity index (χ0) is 40.0. The van der Waals surface area contributed by atoms with E-state index in [1.165, 1.54) is 34.6 Å². The monoisotopic (exact) mass is 758 g/mol. The molecule has 0 unspecified atom stereocenters. The maximum Gasteiger partial charge on any atom is 0.303 e. The zero-order valence-electron chi connectivity index (χ0n) is 32.5. The first-order chi connectivity index (χ1) is 26.2. The molecule has 12 nitrogen and oxygen atoms in total. The molecule has 0 aliphatic carbocycles. The molecule has 0 spiro atoms. The molecule has 2 aliphatic heterocycles. The van der Waals surface area contributed by atoms with E-state index in [1.807, 2.05) is 60.7 Å². The molecule has 3 aromatic carbocycles. The summed E-state index contributed by atoms with van der Waals surface area (Å²) >= 11 is 0. The molecule has 2 aliphatic rings. The van der Waals surface area contributed by atoms with E-state index in [0.29, 0.717) is 5.56 Å². The third-order valence-electron chi connectivity index (χ3n) is 10.2. The van der Waals surface area contributed by atoms with E-state index < -0.39 is 66.6 Å². The largest absolute Gasteiger partial charge is 0.463 e. The van der Waals surface area contributed by atoms with E-state index in [4.69, 9.17) is 33.2 Å². The SMILES string of the molecule is CC[C@H]1O[C@H](c2cccc(-c3ccc(-c4cccc([C@H]5O[C@H](COC(C)=O)[C@@H](OC(C)=O)[C@H](OC(C)=O)[C@@H]5OC(C)=O)c4)cc3)c2)[C@@H](OC(C)=O)[C@@H](C)[C@@H]1C. The molecule has 10 atom stereocenters. The molecule has 0 bridgehead atoms. The molecule has 0 saturated carbocycles. The summed E-state index contributed by atoms with van der Waals surface area (Å²) in [5.74, 6) is -2.65. The predicted octanol–water partition coefficient (Wildman–Crippen LogP) is 6.87. The first kappa shape index (κ1) is 41.1. The van der Waals surface area contributed by atoms with Gasteiger partial charge in [0, 0.05) is 40.5 Å². The van der Waals surface area contributed by atoms with Gasteiger partial charge >= 0.3 is 29.8 Å². The van der Waals surface area contributed by atoms with Crippen LogP contribution in [0.5, 0.6) is 0 Å². The Morgan fingerprint density at radius 1 is 0.509 bits per heavy atom. The van der Waals surface area contributed by atoms with Crippen molar-refractivity contribution in [3.63, 3.8) is 0 Å².